The fourth-order valence-electron chi connectivity index (χ4n) is 0.978. The van der Waals surface area contributed by atoms with E-state index in [1.807, 2.05) is 6.08 Å². The molecule has 0 aliphatic heterocycles. The summed E-state index contributed by atoms with van der Waals surface area (Å²) in [5.41, 5.74) is 0. The van der Waals surface area contributed by atoms with Crippen LogP contribution in [0.3, 0.4) is 0 Å². The van der Waals surface area contributed by atoms with E-state index in [0.29, 0.717) is 0 Å². The summed E-state index contributed by atoms with van der Waals surface area (Å²) in [6.45, 7) is 9.31. The molecule has 0 N–H and O–H groups in total. The minimum Gasteiger partial charge on any atom is -0.299 e. The normalized spacial score (nSPS) is 10.5. The highest BCUT2D eigenvalue weighted by molar-refractivity contribution is 9.09. The van der Waals surface area contributed by atoms with Gasteiger partial charge in [-0.15, -0.1) is 6.58 Å². The molecular formula is C9H18BrN. The maximum Gasteiger partial charge on any atom is 0.0160 e. The number of unbranched alkanes of at least 4 members (excludes halogenated alkanes) is 1. The number of hydrogen-bond acceptors (Lipinski definition) is 1. The molecule has 11 heavy (non-hydrogen) atoms. The molecule has 0 saturated carbocycles. The molecule has 2 heteroatoms. The first-order valence-electron chi connectivity index (χ1n) is 4.24. The molecule has 0 fully saturated rings. The van der Waals surface area contributed by atoms with Crippen molar-refractivity contribution in [1.29, 1.82) is 0 Å². The van der Waals surface area contributed by atoms with Gasteiger partial charge < -0.3 is 0 Å². The first-order valence-corrected chi connectivity index (χ1v) is 5.36. The van der Waals surface area contributed by atoms with Gasteiger partial charge in [0.25, 0.3) is 0 Å². The molecule has 0 aliphatic rings. The average molecular weight is 220 g/mol. The Kier molecular flexibility index (Phi) is 8.41. The molecular weight excluding hydrogens is 202 g/mol. The van der Waals surface area contributed by atoms with Crippen molar-refractivity contribution in [1.82, 2.24) is 4.90 Å². The fraction of sp³-hybridized carbons (Fsp3) is 0.778. The van der Waals surface area contributed by atoms with Crippen molar-refractivity contribution in [2.45, 2.75) is 19.8 Å². The van der Waals surface area contributed by atoms with Crippen molar-refractivity contribution in [2.24, 2.45) is 0 Å². The topological polar surface area (TPSA) is 3.24 Å². The Labute approximate surface area is 78.6 Å². The van der Waals surface area contributed by atoms with Crippen LogP contribution in [0.25, 0.3) is 0 Å². The summed E-state index contributed by atoms with van der Waals surface area (Å²) in [5.74, 6) is 0. The molecule has 1 nitrogen and oxygen atoms in total. The molecule has 0 rings (SSSR count). The van der Waals surface area contributed by atoms with E-state index in [1.165, 1.54) is 19.4 Å². The van der Waals surface area contributed by atoms with E-state index in [-0.39, 0.29) is 0 Å². The highest BCUT2D eigenvalue weighted by Crippen LogP contribution is 1.96. The third-order valence-corrected chi connectivity index (χ3v) is 1.97. The van der Waals surface area contributed by atoms with Crippen LogP contribution >= 0.6 is 15.9 Å². The summed E-state index contributed by atoms with van der Waals surface area (Å²) in [5, 5.41) is 1.06. The van der Waals surface area contributed by atoms with Gasteiger partial charge in [-0.3, -0.25) is 4.90 Å². The van der Waals surface area contributed by atoms with Crippen LogP contribution in [0, 0.1) is 0 Å². The highest BCUT2D eigenvalue weighted by atomic mass is 79.9. The Morgan fingerprint density at radius 1 is 1.45 bits per heavy atom. The second-order valence-electron chi connectivity index (χ2n) is 2.63. The number of halogens is 1. The van der Waals surface area contributed by atoms with E-state index >= 15 is 0 Å². The Morgan fingerprint density at radius 3 is 2.64 bits per heavy atom. The van der Waals surface area contributed by atoms with Crippen molar-refractivity contribution in [3.05, 3.63) is 12.7 Å². The summed E-state index contributed by atoms with van der Waals surface area (Å²) in [6, 6.07) is 0. The predicted molar refractivity (Wildman–Crippen MR) is 55.3 cm³/mol. The Hall–Kier alpha value is 0.180. The van der Waals surface area contributed by atoms with E-state index < -0.39 is 0 Å². The zero-order valence-corrected chi connectivity index (χ0v) is 8.94. The Morgan fingerprint density at radius 2 is 2.18 bits per heavy atom. The molecule has 0 aliphatic carbocycles. The number of hydrogen-bond donors (Lipinski definition) is 0. The molecule has 0 aromatic rings. The van der Waals surface area contributed by atoms with Gasteiger partial charge in [-0.05, 0) is 13.0 Å². The number of nitrogens with zero attached hydrogens (tertiary/aromatic N) is 1. The lowest BCUT2D eigenvalue weighted by atomic mass is 10.3. The molecule has 0 bridgehead atoms. The maximum absolute atomic E-state index is 3.73. The van der Waals surface area contributed by atoms with Crippen LogP contribution in [0.2, 0.25) is 0 Å². The lowest BCUT2D eigenvalue weighted by Gasteiger charge is -2.18. The van der Waals surface area contributed by atoms with Gasteiger partial charge in [-0.2, -0.15) is 0 Å². The van der Waals surface area contributed by atoms with Gasteiger partial charge in [0.15, 0.2) is 0 Å². The SMILES string of the molecule is C=CCN(CCBr)CCCC. The second kappa shape index (κ2) is 8.28. The van der Waals surface area contributed by atoms with E-state index in [4.69, 9.17) is 0 Å². The van der Waals surface area contributed by atoms with Crippen LogP contribution in [0.4, 0.5) is 0 Å². The van der Waals surface area contributed by atoms with Crippen LogP contribution in [-0.2, 0) is 0 Å². The van der Waals surface area contributed by atoms with Crippen LogP contribution in [0.1, 0.15) is 19.8 Å². The summed E-state index contributed by atoms with van der Waals surface area (Å²) in [6.07, 6.45) is 4.54. The third kappa shape index (κ3) is 6.57. The zero-order chi connectivity index (χ0) is 8.53. The molecule has 0 saturated heterocycles. The third-order valence-electron chi connectivity index (χ3n) is 1.62. The van der Waals surface area contributed by atoms with E-state index in [1.54, 1.807) is 0 Å². The van der Waals surface area contributed by atoms with Crippen molar-refractivity contribution in [2.75, 3.05) is 25.0 Å². The smallest absolute Gasteiger partial charge is 0.0160 e. The van der Waals surface area contributed by atoms with Gasteiger partial charge in [0.2, 0.25) is 0 Å². The molecule has 0 aromatic heterocycles. The quantitative estimate of drug-likeness (QED) is 0.471. The van der Waals surface area contributed by atoms with Crippen LogP contribution in [0.15, 0.2) is 12.7 Å². The first kappa shape index (κ1) is 11.2. The van der Waals surface area contributed by atoms with Crippen molar-refractivity contribution >= 4 is 15.9 Å². The largest absolute Gasteiger partial charge is 0.299 e. The standard InChI is InChI=1S/C9H18BrN/c1-3-5-8-11(7-4-2)9-6-10/h4H,2-3,5-9H2,1H3. The molecule has 0 amide bonds. The Balaban J connectivity index is 3.41. The molecule has 0 heterocycles. The highest BCUT2D eigenvalue weighted by Gasteiger charge is 1.98. The van der Waals surface area contributed by atoms with Crippen LogP contribution in [-0.4, -0.2) is 29.9 Å². The van der Waals surface area contributed by atoms with Gasteiger partial charge in [0.1, 0.15) is 0 Å². The minimum absolute atomic E-state index is 1.02. The summed E-state index contributed by atoms with van der Waals surface area (Å²) in [7, 11) is 0. The average Bonchev–Trinajstić information content (AvgIpc) is 2.01. The maximum atomic E-state index is 3.73. The van der Waals surface area contributed by atoms with Crippen molar-refractivity contribution in [3.63, 3.8) is 0 Å². The van der Waals surface area contributed by atoms with Gasteiger partial charge in [-0.1, -0.05) is 35.4 Å². The van der Waals surface area contributed by atoms with Crippen LogP contribution < -0.4 is 0 Å². The molecule has 0 radical (unpaired) electrons. The summed E-state index contributed by atoms with van der Waals surface area (Å²) < 4.78 is 0. The van der Waals surface area contributed by atoms with E-state index in [0.717, 1.165) is 18.4 Å². The first-order chi connectivity index (χ1) is 5.35. The monoisotopic (exact) mass is 219 g/mol. The summed E-state index contributed by atoms with van der Waals surface area (Å²) >= 11 is 3.44. The van der Waals surface area contributed by atoms with E-state index in [9.17, 15) is 0 Å². The van der Waals surface area contributed by atoms with Gasteiger partial charge in [0, 0.05) is 18.4 Å². The lowest BCUT2D eigenvalue weighted by Crippen LogP contribution is -2.26. The zero-order valence-electron chi connectivity index (χ0n) is 7.35. The van der Waals surface area contributed by atoms with Gasteiger partial charge in [-0.25, -0.2) is 0 Å². The predicted octanol–water partition coefficient (Wildman–Crippen LogP) is 2.67. The summed E-state index contributed by atoms with van der Waals surface area (Å²) in [4.78, 5) is 2.41. The van der Waals surface area contributed by atoms with Crippen molar-refractivity contribution < 1.29 is 0 Å². The van der Waals surface area contributed by atoms with Crippen molar-refractivity contribution in [3.8, 4) is 0 Å². The fourth-order valence-corrected chi connectivity index (χ4v) is 1.48. The van der Waals surface area contributed by atoms with E-state index in [2.05, 4.69) is 34.3 Å². The van der Waals surface area contributed by atoms with Crippen LogP contribution in [0.5, 0.6) is 0 Å². The number of alkyl halides is 1. The lowest BCUT2D eigenvalue weighted by molar-refractivity contribution is 0.317. The van der Waals surface area contributed by atoms with Gasteiger partial charge >= 0.3 is 0 Å². The molecule has 0 unspecified atom stereocenters. The molecule has 0 spiro atoms. The minimum atomic E-state index is 1.02. The molecule has 0 aromatic carbocycles. The van der Waals surface area contributed by atoms with Gasteiger partial charge in [0.05, 0.1) is 0 Å². The Bertz CT molecular complexity index is 93.6. The molecule has 66 valence electrons. The molecule has 0 atom stereocenters. The second-order valence-corrected chi connectivity index (χ2v) is 3.42. The number of rotatable bonds is 7.